The maximum absolute atomic E-state index is 11.6. The van der Waals surface area contributed by atoms with Crippen molar-refractivity contribution in [2.75, 3.05) is 19.1 Å². The number of aromatic nitrogens is 3. The Morgan fingerprint density at radius 1 is 1.39 bits per heavy atom. The highest BCUT2D eigenvalue weighted by Crippen LogP contribution is 2.30. The molecule has 0 saturated heterocycles. The van der Waals surface area contributed by atoms with Crippen LogP contribution >= 0.6 is 22.9 Å². The number of carbonyl (C=O) groups is 1. The van der Waals surface area contributed by atoms with Gasteiger partial charge in [-0.2, -0.15) is 0 Å². The molecule has 1 aromatic carbocycles. The first-order chi connectivity index (χ1) is 11.0. The number of halogens is 1. The summed E-state index contributed by atoms with van der Waals surface area (Å²) in [6.45, 7) is 0.551. The third kappa shape index (κ3) is 2.89. The molecule has 0 aliphatic heterocycles. The number of nitrogens with zero attached hydrogens (tertiary/aromatic N) is 4. The number of esters is 1. The number of benzene rings is 1. The van der Waals surface area contributed by atoms with E-state index in [1.807, 2.05) is 47.8 Å². The van der Waals surface area contributed by atoms with Gasteiger partial charge in [0.15, 0.2) is 15.2 Å². The van der Waals surface area contributed by atoms with Gasteiger partial charge in [0, 0.05) is 14.1 Å². The molecule has 0 fully saturated rings. The van der Waals surface area contributed by atoms with Gasteiger partial charge in [-0.3, -0.25) is 0 Å². The highest BCUT2D eigenvalue weighted by atomic mass is 35.5. The van der Waals surface area contributed by atoms with E-state index in [0.29, 0.717) is 16.6 Å². The van der Waals surface area contributed by atoms with Crippen LogP contribution in [0.3, 0.4) is 0 Å². The molecule has 0 radical (unpaired) electrons. The van der Waals surface area contributed by atoms with E-state index in [1.54, 1.807) is 0 Å². The topological polar surface area (TPSA) is 60.2 Å². The van der Waals surface area contributed by atoms with E-state index in [0.717, 1.165) is 16.9 Å². The minimum Gasteiger partial charge on any atom is -0.465 e. The maximum Gasteiger partial charge on any atom is 0.351 e. The quantitative estimate of drug-likeness (QED) is 0.677. The normalized spacial score (nSPS) is 11.0. The zero-order valence-electron chi connectivity index (χ0n) is 12.9. The van der Waals surface area contributed by atoms with Crippen molar-refractivity contribution in [1.29, 1.82) is 0 Å². The summed E-state index contributed by atoms with van der Waals surface area (Å²) in [5, 5.41) is 0.802. The summed E-state index contributed by atoms with van der Waals surface area (Å²) in [6, 6.07) is 7.96. The number of hydrogen-bond donors (Lipinski definition) is 0. The van der Waals surface area contributed by atoms with Gasteiger partial charge in [0.1, 0.15) is 5.82 Å². The lowest BCUT2D eigenvalue weighted by Gasteiger charge is -2.15. The summed E-state index contributed by atoms with van der Waals surface area (Å²) >= 11 is 7.22. The van der Waals surface area contributed by atoms with Crippen LogP contribution in [-0.2, 0) is 18.3 Å². The number of carbonyl (C=O) groups excluding carboxylic acids is 1. The molecule has 0 amide bonds. The fourth-order valence-corrected chi connectivity index (χ4v) is 3.45. The fraction of sp³-hybridized carbons (Fsp3) is 0.267. The van der Waals surface area contributed by atoms with E-state index in [4.69, 9.17) is 16.3 Å². The van der Waals surface area contributed by atoms with Gasteiger partial charge in [-0.15, -0.1) is 0 Å². The second kappa shape index (κ2) is 6.17. The lowest BCUT2D eigenvalue weighted by molar-refractivity contribution is 0.0606. The number of hydrogen-bond acceptors (Lipinski definition) is 6. The van der Waals surface area contributed by atoms with E-state index in [-0.39, 0.29) is 5.15 Å². The number of ether oxygens (including phenoxy) is 1. The lowest BCUT2D eigenvalue weighted by atomic mass is 10.3. The van der Waals surface area contributed by atoms with Crippen LogP contribution in [0.1, 0.15) is 15.5 Å². The number of methoxy groups -OCH3 is 1. The Balaban J connectivity index is 1.87. The van der Waals surface area contributed by atoms with Crippen LogP contribution in [0, 0.1) is 0 Å². The van der Waals surface area contributed by atoms with Crippen molar-refractivity contribution in [2.24, 2.45) is 7.05 Å². The first kappa shape index (κ1) is 15.8. The average Bonchev–Trinajstić information content (AvgIpc) is 3.08. The standard InChI is InChI=1S/C15H15ClN4O2S/c1-19(15-18-13(16)12(23-15)14(21)22-3)8-11-17-9-6-4-5-7-10(9)20(11)2/h4-7H,8H2,1-3H3. The Labute approximate surface area is 142 Å². The highest BCUT2D eigenvalue weighted by Gasteiger charge is 2.20. The summed E-state index contributed by atoms with van der Waals surface area (Å²) in [5.41, 5.74) is 2.02. The minimum absolute atomic E-state index is 0.161. The molecule has 0 atom stereocenters. The van der Waals surface area contributed by atoms with Crippen molar-refractivity contribution >= 4 is 45.1 Å². The second-order valence-electron chi connectivity index (χ2n) is 5.04. The zero-order chi connectivity index (χ0) is 16.6. The summed E-state index contributed by atoms with van der Waals surface area (Å²) < 4.78 is 6.74. The van der Waals surface area contributed by atoms with Crippen molar-refractivity contribution in [2.45, 2.75) is 6.54 Å². The first-order valence-electron chi connectivity index (χ1n) is 6.87. The van der Waals surface area contributed by atoms with Crippen LogP contribution in [0.25, 0.3) is 11.0 Å². The van der Waals surface area contributed by atoms with Crippen molar-refractivity contribution in [3.8, 4) is 0 Å². The van der Waals surface area contributed by atoms with Crippen LogP contribution in [0.4, 0.5) is 5.13 Å². The number of rotatable bonds is 4. The van der Waals surface area contributed by atoms with Crippen LogP contribution in [0.15, 0.2) is 24.3 Å². The van der Waals surface area contributed by atoms with Crippen LogP contribution in [0.5, 0.6) is 0 Å². The zero-order valence-corrected chi connectivity index (χ0v) is 14.5. The van der Waals surface area contributed by atoms with Crippen LogP contribution in [-0.4, -0.2) is 34.7 Å². The molecule has 0 unspecified atom stereocenters. The van der Waals surface area contributed by atoms with Gasteiger partial charge < -0.3 is 14.2 Å². The number of thiazole rings is 1. The van der Waals surface area contributed by atoms with Gasteiger partial charge in [-0.25, -0.2) is 14.8 Å². The van der Waals surface area contributed by atoms with E-state index in [2.05, 4.69) is 9.97 Å². The summed E-state index contributed by atoms with van der Waals surface area (Å²) in [5.74, 6) is 0.425. The molecular formula is C15H15ClN4O2S. The molecule has 0 aliphatic carbocycles. The predicted octanol–water partition coefficient (Wildman–Crippen LogP) is 3.11. The number of aryl methyl sites for hydroxylation is 1. The second-order valence-corrected chi connectivity index (χ2v) is 6.38. The Hall–Kier alpha value is -2.12. The molecular weight excluding hydrogens is 336 g/mol. The number of anilines is 1. The number of imidazole rings is 1. The maximum atomic E-state index is 11.6. The fourth-order valence-electron chi connectivity index (χ4n) is 2.29. The molecule has 0 aliphatic rings. The predicted molar refractivity (Wildman–Crippen MR) is 91.3 cm³/mol. The molecule has 0 bridgehead atoms. The molecule has 3 rings (SSSR count). The lowest BCUT2D eigenvalue weighted by Crippen LogP contribution is -2.18. The Morgan fingerprint density at radius 2 is 2.13 bits per heavy atom. The molecule has 8 heteroatoms. The van der Waals surface area contributed by atoms with Crippen LogP contribution in [0.2, 0.25) is 5.15 Å². The van der Waals surface area contributed by atoms with Gasteiger partial charge in [0.2, 0.25) is 0 Å². The first-order valence-corrected chi connectivity index (χ1v) is 8.06. The average molecular weight is 351 g/mol. The van der Waals surface area contributed by atoms with Crippen molar-refractivity contribution in [1.82, 2.24) is 14.5 Å². The van der Waals surface area contributed by atoms with E-state index >= 15 is 0 Å². The van der Waals surface area contributed by atoms with Gasteiger partial charge in [0.25, 0.3) is 0 Å². The van der Waals surface area contributed by atoms with E-state index in [1.165, 1.54) is 18.4 Å². The minimum atomic E-state index is -0.477. The van der Waals surface area contributed by atoms with Gasteiger partial charge in [-0.05, 0) is 12.1 Å². The summed E-state index contributed by atoms with van der Waals surface area (Å²) in [7, 11) is 5.18. The molecule has 3 aromatic rings. The van der Waals surface area contributed by atoms with E-state index < -0.39 is 5.97 Å². The molecule has 6 nitrogen and oxygen atoms in total. The van der Waals surface area contributed by atoms with Gasteiger partial charge in [0.05, 0.1) is 24.7 Å². The molecule has 2 aromatic heterocycles. The molecule has 23 heavy (non-hydrogen) atoms. The molecule has 2 heterocycles. The van der Waals surface area contributed by atoms with Crippen molar-refractivity contribution < 1.29 is 9.53 Å². The van der Waals surface area contributed by atoms with Crippen LogP contribution < -0.4 is 4.90 Å². The third-order valence-electron chi connectivity index (χ3n) is 3.53. The highest BCUT2D eigenvalue weighted by molar-refractivity contribution is 7.18. The van der Waals surface area contributed by atoms with Gasteiger partial charge in [-0.1, -0.05) is 35.1 Å². The monoisotopic (exact) mass is 350 g/mol. The largest absolute Gasteiger partial charge is 0.465 e. The third-order valence-corrected chi connectivity index (χ3v) is 5.07. The van der Waals surface area contributed by atoms with Crippen molar-refractivity contribution in [3.05, 3.63) is 40.1 Å². The summed E-state index contributed by atoms with van der Waals surface area (Å²) in [4.78, 5) is 22.7. The Kier molecular flexibility index (Phi) is 4.23. The molecule has 0 saturated carbocycles. The molecule has 0 spiro atoms. The van der Waals surface area contributed by atoms with Gasteiger partial charge >= 0.3 is 5.97 Å². The Bertz CT molecular complexity index is 874. The molecule has 120 valence electrons. The van der Waals surface area contributed by atoms with E-state index in [9.17, 15) is 4.79 Å². The molecule has 0 N–H and O–H groups in total. The number of fused-ring (bicyclic) bond motifs is 1. The summed E-state index contributed by atoms with van der Waals surface area (Å²) in [6.07, 6.45) is 0. The van der Waals surface area contributed by atoms with Crippen molar-refractivity contribution in [3.63, 3.8) is 0 Å². The SMILES string of the molecule is COC(=O)c1sc(N(C)Cc2nc3ccccc3n2C)nc1Cl. The number of para-hydroxylation sites is 2. The smallest absolute Gasteiger partial charge is 0.351 e. The Morgan fingerprint density at radius 3 is 2.83 bits per heavy atom.